The molecule has 0 fully saturated rings. The minimum Gasteiger partial charge on any atom is -0.328 e. The maximum atomic E-state index is 12.3. The van der Waals surface area contributed by atoms with Gasteiger partial charge < -0.3 is 9.47 Å². The molecule has 0 saturated heterocycles. The summed E-state index contributed by atoms with van der Waals surface area (Å²) >= 11 is 0. The van der Waals surface area contributed by atoms with Crippen molar-refractivity contribution in [3.63, 3.8) is 0 Å². The molecule has 0 radical (unpaired) electrons. The predicted molar refractivity (Wildman–Crippen MR) is 85.3 cm³/mol. The van der Waals surface area contributed by atoms with E-state index in [4.69, 9.17) is 0 Å². The van der Waals surface area contributed by atoms with E-state index < -0.39 is 0 Å². The molecule has 0 atom stereocenters. The molecule has 0 aliphatic rings. The van der Waals surface area contributed by atoms with E-state index in [1.165, 1.54) is 7.05 Å². The average molecular weight is 316 g/mol. The Morgan fingerprint density at radius 3 is 2.38 bits per heavy atom. The van der Waals surface area contributed by atoms with Crippen molar-refractivity contribution in [2.45, 2.75) is 20.4 Å². The van der Waals surface area contributed by atoms with Crippen LogP contribution in [0.2, 0.25) is 0 Å². The second-order valence-corrected chi connectivity index (χ2v) is 4.85. The number of hydrogen-bond donors (Lipinski definition) is 0. The van der Waals surface area contributed by atoms with Gasteiger partial charge in [-0.1, -0.05) is 13.8 Å². The van der Waals surface area contributed by atoms with Gasteiger partial charge in [-0.15, -0.1) is 12.4 Å². The average Bonchev–Trinajstić information content (AvgIpc) is 2.82. The van der Waals surface area contributed by atoms with Crippen molar-refractivity contribution in [3.05, 3.63) is 27.2 Å². The van der Waals surface area contributed by atoms with Crippen LogP contribution >= 0.6 is 12.4 Å². The van der Waals surface area contributed by atoms with E-state index >= 15 is 0 Å². The molecule has 0 aromatic carbocycles. The van der Waals surface area contributed by atoms with Gasteiger partial charge in [0.2, 0.25) is 0 Å². The Kier molecular flexibility index (Phi) is 5.74. The first-order valence-electron chi connectivity index (χ1n) is 6.84. The summed E-state index contributed by atoms with van der Waals surface area (Å²) in [5.41, 5.74) is 0.317. The first kappa shape index (κ1) is 17.5. The van der Waals surface area contributed by atoms with Gasteiger partial charge in [0, 0.05) is 27.2 Å². The molecule has 0 aliphatic heterocycles. The van der Waals surface area contributed by atoms with Crippen LogP contribution in [-0.4, -0.2) is 43.2 Å². The number of rotatable bonds is 5. The summed E-state index contributed by atoms with van der Waals surface area (Å²) in [7, 11) is 3.26. The quantitative estimate of drug-likeness (QED) is 0.790. The second kappa shape index (κ2) is 6.91. The van der Waals surface area contributed by atoms with Crippen LogP contribution in [0.5, 0.6) is 0 Å². The van der Waals surface area contributed by atoms with Crippen LogP contribution in [0.4, 0.5) is 0 Å². The minimum atomic E-state index is -0.312. The van der Waals surface area contributed by atoms with Crippen molar-refractivity contribution in [2.24, 2.45) is 14.1 Å². The highest BCUT2D eigenvalue weighted by Gasteiger charge is 2.15. The predicted octanol–water partition coefficient (Wildman–Crippen LogP) is 0.197. The van der Waals surface area contributed by atoms with Crippen molar-refractivity contribution >= 4 is 23.6 Å². The third kappa shape index (κ3) is 3.03. The Labute approximate surface area is 129 Å². The fourth-order valence-corrected chi connectivity index (χ4v) is 2.36. The van der Waals surface area contributed by atoms with Crippen molar-refractivity contribution in [2.75, 3.05) is 19.6 Å². The van der Waals surface area contributed by atoms with Gasteiger partial charge in [-0.25, -0.2) is 9.78 Å². The molecule has 0 unspecified atom stereocenters. The molecular weight excluding hydrogens is 294 g/mol. The Morgan fingerprint density at radius 2 is 1.81 bits per heavy atom. The van der Waals surface area contributed by atoms with Crippen LogP contribution in [-0.2, 0) is 20.6 Å². The summed E-state index contributed by atoms with van der Waals surface area (Å²) in [6.45, 7) is 7.33. The molecule has 0 amide bonds. The van der Waals surface area contributed by atoms with Gasteiger partial charge in [-0.2, -0.15) is 0 Å². The monoisotopic (exact) mass is 315 g/mol. The topological polar surface area (TPSA) is 65.1 Å². The Morgan fingerprint density at radius 1 is 1.19 bits per heavy atom. The molecule has 2 heterocycles. The van der Waals surface area contributed by atoms with Gasteiger partial charge in [-0.3, -0.25) is 13.9 Å². The fraction of sp³-hybridized carbons (Fsp3) is 0.615. The van der Waals surface area contributed by atoms with Crippen LogP contribution in [0.3, 0.4) is 0 Å². The number of hydrogen-bond acceptors (Lipinski definition) is 4. The molecule has 0 saturated carbocycles. The highest BCUT2D eigenvalue weighted by Crippen LogP contribution is 2.04. The first-order valence-corrected chi connectivity index (χ1v) is 6.84. The summed E-state index contributed by atoms with van der Waals surface area (Å²) < 4.78 is 4.38. The van der Waals surface area contributed by atoms with Crippen molar-refractivity contribution in [3.8, 4) is 0 Å². The lowest BCUT2D eigenvalue weighted by Gasteiger charge is -2.18. The number of nitrogens with zero attached hydrogens (tertiary/aromatic N) is 5. The molecule has 0 spiro atoms. The molecule has 118 valence electrons. The van der Waals surface area contributed by atoms with Gasteiger partial charge in [0.1, 0.15) is 0 Å². The van der Waals surface area contributed by atoms with Crippen molar-refractivity contribution in [1.29, 1.82) is 0 Å². The van der Waals surface area contributed by atoms with Crippen LogP contribution < -0.4 is 11.2 Å². The van der Waals surface area contributed by atoms with E-state index in [2.05, 4.69) is 23.7 Å². The van der Waals surface area contributed by atoms with Gasteiger partial charge in [0.25, 0.3) is 5.56 Å². The number of halogens is 1. The summed E-state index contributed by atoms with van der Waals surface area (Å²) in [4.78, 5) is 30.8. The molecule has 7 nitrogen and oxygen atoms in total. The number of aryl methyl sites for hydroxylation is 1. The highest BCUT2D eigenvalue weighted by atomic mass is 35.5. The zero-order chi connectivity index (χ0) is 14.9. The molecular formula is C13H22ClN5O2. The van der Waals surface area contributed by atoms with E-state index in [0.717, 1.165) is 24.2 Å². The zero-order valence-corrected chi connectivity index (χ0v) is 13.7. The first-order chi connectivity index (χ1) is 9.51. The van der Waals surface area contributed by atoms with E-state index in [1.807, 2.05) is 0 Å². The number of fused-ring (bicyclic) bond motifs is 1. The summed E-state index contributed by atoms with van der Waals surface area (Å²) in [5.74, 6) is 0. The molecule has 2 rings (SSSR count). The van der Waals surface area contributed by atoms with Crippen LogP contribution in [0.1, 0.15) is 13.8 Å². The van der Waals surface area contributed by atoms with Gasteiger partial charge in [0.15, 0.2) is 11.2 Å². The molecule has 8 heteroatoms. The molecule has 21 heavy (non-hydrogen) atoms. The maximum Gasteiger partial charge on any atom is 0.332 e. The third-order valence-corrected chi connectivity index (χ3v) is 3.73. The smallest absolute Gasteiger partial charge is 0.328 e. The normalized spacial score (nSPS) is 11.1. The highest BCUT2D eigenvalue weighted by molar-refractivity contribution is 5.85. The lowest BCUT2D eigenvalue weighted by molar-refractivity contribution is 0.289. The van der Waals surface area contributed by atoms with E-state index in [9.17, 15) is 9.59 Å². The fourth-order valence-electron chi connectivity index (χ4n) is 2.36. The molecule has 2 aromatic heterocycles. The lowest BCUT2D eigenvalue weighted by Crippen LogP contribution is -2.40. The molecule has 0 aliphatic carbocycles. The van der Waals surface area contributed by atoms with Gasteiger partial charge >= 0.3 is 5.69 Å². The maximum absolute atomic E-state index is 12.3. The number of imidazole rings is 1. The van der Waals surface area contributed by atoms with Crippen molar-refractivity contribution in [1.82, 2.24) is 23.6 Å². The summed E-state index contributed by atoms with van der Waals surface area (Å²) in [6, 6.07) is 0. The SMILES string of the molecule is CCN(CC)CCn1c(=O)n(C)c(=O)c2c1ncn2C.Cl. The lowest BCUT2D eigenvalue weighted by atomic mass is 10.4. The van der Waals surface area contributed by atoms with E-state index in [0.29, 0.717) is 17.7 Å². The van der Waals surface area contributed by atoms with Crippen LogP contribution in [0, 0.1) is 0 Å². The zero-order valence-electron chi connectivity index (χ0n) is 12.9. The summed E-state index contributed by atoms with van der Waals surface area (Å²) in [6.07, 6.45) is 1.57. The van der Waals surface area contributed by atoms with Crippen LogP contribution in [0.25, 0.3) is 11.2 Å². The molecule has 0 bridgehead atoms. The standard InChI is InChI=1S/C13H21N5O2.ClH/c1-5-17(6-2)7-8-18-11-10(15(3)9-14-11)12(19)16(4)13(18)20;/h9H,5-8H2,1-4H3;1H. The summed E-state index contributed by atoms with van der Waals surface area (Å²) in [5, 5.41) is 0. The van der Waals surface area contributed by atoms with Gasteiger partial charge in [0.05, 0.1) is 6.33 Å². The Balaban J connectivity index is 0.00000220. The Hall–Kier alpha value is -1.60. The van der Waals surface area contributed by atoms with Crippen molar-refractivity contribution < 1.29 is 0 Å². The largest absolute Gasteiger partial charge is 0.332 e. The van der Waals surface area contributed by atoms with E-state index in [1.54, 1.807) is 22.5 Å². The molecule has 0 N–H and O–H groups in total. The minimum absolute atomic E-state index is 0. The van der Waals surface area contributed by atoms with Crippen LogP contribution in [0.15, 0.2) is 15.9 Å². The number of aromatic nitrogens is 4. The second-order valence-electron chi connectivity index (χ2n) is 4.85. The number of likely N-dealkylation sites (N-methyl/N-ethyl adjacent to an activating group) is 1. The third-order valence-electron chi connectivity index (χ3n) is 3.73. The molecule has 2 aromatic rings. The van der Waals surface area contributed by atoms with E-state index in [-0.39, 0.29) is 23.7 Å². The van der Waals surface area contributed by atoms with Gasteiger partial charge in [-0.05, 0) is 13.1 Å². The Bertz CT molecular complexity index is 726.